The Morgan fingerprint density at radius 1 is 1.08 bits per heavy atom. The molecule has 0 atom stereocenters. The summed E-state index contributed by atoms with van der Waals surface area (Å²) in [4.78, 5) is 4.03. The summed E-state index contributed by atoms with van der Waals surface area (Å²) in [7, 11) is 0. The molecule has 0 fully saturated rings. The molecule has 0 aliphatic carbocycles. The zero-order valence-corrected chi connectivity index (χ0v) is 5.86. The zero-order valence-electron chi connectivity index (χ0n) is 5.86. The average molecular weight is 177 g/mol. The first-order chi connectivity index (χ1) is 5.38. The van der Waals surface area contributed by atoms with Gasteiger partial charge in [-0.3, -0.25) is 4.98 Å². The number of hydrogen-bond donors (Lipinski definition) is 1. The molecule has 0 amide bonds. The first-order valence-corrected chi connectivity index (χ1v) is 3.40. The molecule has 0 radical (unpaired) electrons. The van der Waals surface area contributed by atoms with Crippen molar-refractivity contribution in [3.63, 3.8) is 0 Å². The van der Waals surface area contributed by atoms with Gasteiger partial charge >= 0.3 is 48.4 Å². The molecular formula is C9H9LiNNaO. The summed E-state index contributed by atoms with van der Waals surface area (Å²) in [6.45, 7) is 0. The number of rotatable bonds is 0. The monoisotopic (exact) mass is 177 g/mol. The van der Waals surface area contributed by atoms with Gasteiger partial charge in [0.15, 0.2) is 0 Å². The van der Waals surface area contributed by atoms with Crippen molar-refractivity contribution < 1.29 is 5.11 Å². The molecule has 0 spiro atoms. The van der Waals surface area contributed by atoms with Crippen molar-refractivity contribution in [1.29, 1.82) is 0 Å². The van der Waals surface area contributed by atoms with Crippen molar-refractivity contribution in [2.24, 2.45) is 0 Å². The van der Waals surface area contributed by atoms with E-state index in [0.717, 1.165) is 5.39 Å². The van der Waals surface area contributed by atoms with E-state index in [0.29, 0.717) is 5.52 Å². The Morgan fingerprint density at radius 2 is 1.77 bits per heavy atom. The van der Waals surface area contributed by atoms with Gasteiger partial charge in [0.1, 0.15) is 11.3 Å². The number of phenolic OH excluding ortho intramolecular Hbond substituents is 1. The topological polar surface area (TPSA) is 33.1 Å². The Hall–Kier alpha value is 0.0274. The van der Waals surface area contributed by atoms with Crippen molar-refractivity contribution in [1.82, 2.24) is 4.98 Å². The Labute approximate surface area is 111 Å². The molecule has 1 N–H and O–H groups in total. The molecule has 0 aliphatic heterocycles. The van der Waals surface area contributed by atoms with Crippen LogP contribution in [0.25, 0.3) is 10.9 Å². The summed E-state index contributed by atoms with van der Waals surface area (Å²) in [6, 6.07) is 9.13. The average Bonchev–Trinajstić information content (AvgIpc) is 2.06. The Bertz CT molecular complexity index is 389. The molecule has 2 nitrogen and oxygen atoms in total. The molecule has 4 heteroatoms. The van der Waals surface area contributed by atoms with Crippen LogP contribution >= 0.6 is 0 Å². The number of aromatic nitrogens is 1. The third-order valence-electron chi connectivity index (χ3n) is 1.61. The van der Waals surface area contributed by atoms with Crippen LogP contribution in [0.4, 0.5) is 0 Å². The molecule has 0 aliphatic rings. The predicted molar refractivity (Wildman–Crippen MR) is 57.7 cm³/mol. The number of para-hydroxylation sites is 1. The molecular weight excluding hydrogens is 168 g/mol. The second-order valence-corrected chi connectivity index (χ2v) is 2.35. The number of phenols is 1. The number of pyridine rings is 1. The van der Waals surface area contributed by atoms with E-state index in [1.165, 1.54) is 0 Å². The van der Waals surface area contributed by atoms with E-state index < -0.39 is 0 Å². The van der Waals surface area contributed by atoms with Crippen LogP contribution in [-0.4, -0.2) is 58.5 Å². The second-order valence-electron chi connectivity index (χ2n) is 2.35. The van der Waals surface area contributed by atoms with Crippen LogP contribution in [0.1, 0.15) is 0 Å². The van der Waals surface area contributed by atoms with Crippen LogP contribution in [0.15, 0.2) is 36.5 Å². The summed E-state index contributed by atoms with van der Waals surface area (Å²) in [6.07, 6.45) is 1.67. The second kappa shape index (κ2) is 5.69. The van der Waals surface area contributed by atoms with Gasteiger partial charge in [-0.1, -0.05) is 18.2 Å². The number of nitrogens with zero attached hydrogens (tertiary/aromatic N) is 1. The van der Waals surface area contributed by atoms with Gasteiger partial charge < -0.3 is 5.11 Å². The quantitative estimate of drug-likeness (QED) is 0.599. The van der Waals surface area contributed by atoms with Crippen LogP contribution in [0.2, 0.25) is 0 Å². The van der Waals surface area contributed by atoms with Crippen LogP contribution in [-0.2, 0) is 0 Å². The number of fused-ring (bicyclic) bond motifs is 1. The summed E-state index contributed by atoms with van der Waals surface area (Å²) in [5.74, 6) is 0.239. The minimum atomic E-state index is 0. The van der Waals surface area contributed by atoms with Crippen molar-refractivity contribution in [2.75, 3.05) is 0 Å². The third-order valence-corrected chi connectivity index (χ3v) is 1.61. The van der Waals surface area contributed by atoms with Gasteiger partial charge in [-0.25, -0.2) is 0 Å². The van der Waals surface area contributed by atoms with Crippen LogP contribution in [0.5, 0.6) is 5.75 Å². The van der Waals surface area contributed by atoms with E-state index in [9.17, 15) is 5.11 Å². The molecule has 1 heterocycles. The Kier molecular flexibility index (Phi) is 5.71. The molecule has 2 rings (SSSR count). The van der Waals surface area contributed by atoms with E-state index in [1.54, 1.807) is 18.3 Å². The number of benzene rings is 1. The van der Waals surface area contributed by atoms with Crippen molar-refractivity contribution in [3.8, 4) is 5.75 Å². The maximum absolute atomic E-state index is 9.31. The van der Waals surface area contributed by atoms with E-state index in [2.05, 4.69) is 4.98 Å². The zero-order chi connectivity index (χ0) is 7.68. The molecule has 0 unspecified atom stereocenters. The van der Waals surface area contributed by atoms with Crippen molar-refractivity contribution in [2.45, 2.75) is 0 Å². The number of hydrogen-bond acceptors (Lipinski definition) is 2. The van der Waals surface area contributed by atoms with Gasteiger partial charge in [-0.15, -0.1) is 0 Å². The first-order valence-electron chi connectivity index (χ1n) is 3.40. The van der Waals surface area contributed by atoms with Gasteiger partial charge in [0.05, 0.1) is 0 Å². The molecule has 58 valence electrons. The van der Waals surface area contributed by atoms with E-state index in [4.69, 9.17) is 0 Å². The number of aromatic hydroxyl groups is 1. The van der Waals surface area contributed by atoms with Gasteiger partial charge in [-0.2, -0.15) is 0 Å². The van der Waals surface area contributed by atoms with Crippen LogP contribution < -0.4 is 0 Å². The van der Waals surface area contributed by atoms with E-state index >= 15 is 0 Å². The summed E-state index contributed by atoms with van der Waals surface area (Å²) in [5.41, 5.74) is 0.662. The van der Waals surface area contributed by atoms with Crippen molar-refractivity contribution >= 4 is 59.3 Å². The van der Waals surface area contributed by atoms with Gasteiger partial charge in [0, 0.05) is 11.6 Å². The van der Waals surface area contributed by atoms with Gasteiger partial charge in [0.2, 0.25) is 0 Å². The van der Waals surface area contributed by atoms with Crippen LogP contribution in [0.3, 0.4) is 0 Å². The van der Waals surface area contributed by atoms with E-state index in [1.807, 2.05) is 18.2 Å². The third kappa shape index (κ3) is 2.74. The summed E-state index contributed by atoms with van der Waals surface area (Å²) < 4.78 is 0. The fourth-order valence-corrected chi connectivity index (χ4v) is 1.09. The molecule has 13 heavy (non-hydrogen) atoms. The Morgan fingerprint density at radius 3 is 2.46 bits per heavy atom. The molecule has 0 bridgehead atoms. The predicted octanol–water partition coefficient (Wildman–Crippen LogP) is 0.643. The maximum atomic E-state index is 9.31. The van der Waals surface area contributed by atoms with E-state index in [-0.39, 0.29) is 54.2 Å². The SMILES string of the molecule is Oc1cccc2cccnc12.[LiH].[NaH]. The minimum absolute atomic E-state index is 0. The van der Waals surface area contributed by atoms with Gasteiger partial charge in [0.25, 0.3) is 0 Å². The summed E-state index contributed by atoms with van der Waals surface area (Å²) in [5, 5.41) is 10.3. The Balaban J connectivity index is 0.000000720. The fourth-order valence-electron chi connectivity index (χ4n) is 1.09. The molecule has 1 aromatic heterocycles. The normalized spacial score (nSPS) is 8.62. The summed E-state index contributed by atoms with van der Waals surface area (Å²) >= 11 is 0. The first kappa shape index (κ1) is 13.0. The molecule has 2 aromatic rings. The molecule has 0 saturated carbocycles. The van der Waals surface area contributed by atoms with Gasteiger partial charge in [-0.05, 0) is 12.1 Å². The molecule has 0 saturated heterocycles. The van der Waals surface area contributed by atoms with Crippen molar-refractivity contribution in [3.05, 3.63) is 36.5 Å². The fraction of sp³-hybridized carbons (Fsp3) is 0. The van der Waals surface area contributed by atoms with Crippen LogP contribution in [0, 0.1) is 0 Å². The molecule has 1 aromatic carbocycles. The standard InChI is InChI=1S/C9H7NO.Li.Na.2H/c11-8-5-1-3-7-4-2-6-10-9(7)8;;;;/h1-6,11H;;;;.